The van der Waals surface area contributed by atoms with E-state index in [4.69, 9.17) is 18.0 Å². The molecule has 2 aliphatic rings. The molecule has 3 N–H and O–H groups in total. The normalized spacial score (nSPS) is 24.9. The van der Waals surface area contributed by atoms with Gasteiger partial charge in [0.2, 0.25) is 10.7 Å². The van der Waals surface area contributed by atoms with E-state index in [1.807, 2.05) is 0 Å². The van der Waals surface area contributed by atoms with Crippen LogP contribution < -0.4 is 5.73 Å². The Morgan fingerprint density at radius 3 is 2.86 bits per heavy atom. The second-order valence-electron chi connectivity index (χ2n) is 4.74. The second kappa shape index (κ2) is 4.93. The van der Waals surface area contributed by atoms with Crippen molar-refractivity contribution in [3.8, 4) is 0 Å². The number of rotatable bonds is 3. The maximum atomic E-state index is 11.8. The Morgan fingerprint density at radius 2 is 2.29 bits per heavy atom. The van der Waals surface area contributed by atoms with Gasteiger partial charge < -0.3 is 10.8 Å². The molecule has 21 heavy (non-hydrogen) atoms. The van der Waals surface area contributed by atoms with Crippen LogP contribution in [0, 0.1) is 4.77 Å². The summed E-state index contributed by atoms with van der Waals surface area (Å²) < 4.78 is 3.23. The molecule has 9 nitrogen and oxygen atoms in total. The lowest BCUT2D eigenvalue weighted by molar-refractivity contribution is -0.148. The molecule has 1 aromatic rings. The van der Waals surface area contributed by atoms with Crippen molar-refractivity contribution in [2.45, 2.75) is 18.0 Å². The Labute approximate surface area is 128 Å². The molecule has 1 aromatic heterocycles. The number of hydrogen-bond donors (Lipinski definition) is 2. The summed E-state index contributed by atoms with van der Waals surface area (Å²) in [7, 11) is 1.65. The summed E-state index contributed by atoms with van der Waals surface area (Å²) in [6.45, 7) is 0.188. The van der Waals surface area contributed by atoms with Crippen molar-refractivity contribution in [1.82, 2.24) is 24.7 Å². The van der Waals surface area contributed by atoms with E-state index in [2.05, 4.69) is 10.4 Å². The summed E-state index contributed by atoms with van der Waals surface area (Å²) in [5.41, 5.74) is 6.24. The van der Waals surface area contributed by atoms with Crippen LogP contribution in [0.5, 0.6) is 0 Å². The molecular formula is C10H12N6O3S2. The number of fused-ring (bicyclic) bond motifs is 1. The highest BCUT2D eigenvalue weighted by Gasteiger charge is 2.51. The molecule has 2 atom stereocenters. The van der Waals surface area contributed by atoms with E-state index in [-0.39, 0.29) is 23.5 Å². The minimum atomic E-state index is -1.15. The van der Waals surface area contributed by atoms with Gasteiger partial charge in [-0.2, -0.15) is 0 Å². The number of thioether (sulfide) groups is 1. The van der Waals surface area contributed by atoms with Crippen molar-refractivity contribution < 1.29 is 14.7 Å². The lowest BCUT2D eigenvalue weighted by Crippen LogP contribution is -2.68. The number of aryl methyl sites for hydroxylation is 1. The minimum Gasteiger partial charge on any atom is -0.477 e. The van der Waals surface area contributed by atoms with Crippen LogP contribution in [0.3, 0.4) is 0 Å². The number of tetrazole rings is 1. The standard InChI is InChI=1S/C10H12N6O3S2/c1-14-10(20)15(13-12-14)2-4-3-21-8-5(11)7(17)16(8)6(4)9(18)19/h5,8H,2-3,11H2,1H3,(H,18,19)/t5-,8-/m1/s1. The third kappa shape index (κ3) is 2.08. The fourth-order valence-electron chi connectivity index (χ4n) is 2.33. The van der Waals surface area contributed by atoms with Gasteiger partial charge in [-0.25, -0.2) is 14.2 Å². The Bertz CT molecular complexity index is 723. The van der Waals surface area contributed by atoms with Crippen molar-refractivity contribution >= 4 is 35.9 Å². The number of carbonyl (C=O) groups is 2. The highest BCUT2D eigenvalue weighted by molar-refractivity contribution is 8.00. The molecule has 0 aliphatic carbocycles. The van der Waals surface area contributed by atoms with Crippen LogP contribution in [0.25, 0.3) is 0 Å². The van der Waals surface area contributed by atoms with Gasteiger partial charge in [0, 0.05) is 12.8 Å². The van der Waals surface area contributed by atoms with Crippen molar-refractivity contribution in [3.63, 3.8) is 0 Å². The zero-order valence-electron chi connectivity index (χ0n) is 11.0. The molecule has 11 heteroatoms. The lowest BCUT2D eigenvalue weighted by Gasteiger charge is -2.47. The fraction of sp³-hybridized carbons (Fsp3) is 0.500. The molecule has 1 fully saturated rings. The van der Waals surface area contributed by atoms with E-state index in [0.717, 1.165) is 0 Å². The number of nitrogens with two attached hydrogens (primary N) is 1. The third-order valence-electron chi connectivity index (χ3n) is 3.41. The van der Waals surface area contributed by atoms with Crippen LogP contribution in [0.4, 0.5) is 0 Å². The minimum absolute atomic E-state index is 0.0157. The number of amides is 1. The van der Waals surface area contributed by atoms with E-state index < -0.39 is 12.0 Å². The molecule has 1 saturated heterocycles. The predicted octanol–water partition coefficient (Wildman–Crippen LogP) is -1.07. The molecule has 0 radical (unpaired) electrons. The highest BCUT2D eigenvalue weighted by atomic mass is 32.2. The monoisotopic (exact) mass is 328 g/mol. The zero-order valence-corrected chi connectivity index (χ0v) is 12.6. The molecule has 0 aromatic carbocycles. The van der Waals surface area contributed by atoms with Gasteiger partial charge in [0.25, 0.3) is 0 Å². The fourth-order valence-corrected chi connectivity index (χ4v) is 3.75. The Hall–Kier alpha value is -1.72. The van der Waals surface area contributed by atoms with Gasteiger partial charge in [-0.3, -0.25) is 9.69 Å². The van der Waals surface area contributed by atoms with Gasteiger partial charge in [0.15, 0.2) is 0 Å². The molecule has 1 amide bonds. The van der Waals surface area contributed by atoms with Gasteiger partial charge in [-0.05, 0) is 28.2 Å². The molecule has 0 bridgehead atoms. The van der Waals surface area contributed by atoms with Crippen molar-refractivity contribution in [1.29, 1.82) is 0 Å². The van der Waals surface area contributed by atoms with Crippen LogP contribution in [-0.4, -0.2) is 58.8 Å². The topological polar surface area (TPSA) is 119 Å². The maximum Gasteiger partial charge on any atom is 0.352 e. The summed E-state index contributed by atoms with van der Waals surface area (Å²) in [6.07, 6.45) is 0. The lowest BCUT2D eigenvalue weighted by atomic mass is 10.0. The van der Waals surface area contributed by atoms with Crippen LogP contribution in [0.2, 0.25) is 0 Å². The highest BCUT2D eigenvalue weighted by Crippen LogP contribution is 2.39. The van der Waals surface area contributed by atoms with Gasteiger partial charge >= 0.3 is 5.97 Å². The molecule has 2 aliphatic heterocycles. The van der Waals surface area contributed by atoms with E-state index in [1.165, 1.54) is 26.0 Å². The summed E-state index contributed by atoms with van der Waals surface area (Å²) in [4.78, 5) is 24.6. The molecule has 0 unspecified atom stereocenters. The molecule has 112 valence electrons. The van der Waals surface area contributed by atoms with Crippen molar-refractivity contribution in [3.05, 3.63) is 16.0 Å². The zero-order chi connectivity index (χ0) is 15.3. The summed E-state index contributed by atoms with van der Waals surface area (Å²) >= 11 is 6.57. The van der Waals surface area contributed by atoms with Crippen LogP contribution in [0.15, 0.2) is 11.3 Å². The number of hydrogen-bond acceptors (Lipinski definition) is 7. The van der Waals surface area contributed by atoms with Crippen molar-refractivity contribution in [2.75, 3.05) is 5.75 Å². The molecule has 0 saturated carbocycles. The molecule has 3 heterocycles. The number of aliphatic carboxylic acids is 1. The largest absolute Gasteiger partial charge is 0.477 e. The van der Waals surface area contributed by atoms with E-state index in [9.17, 15) is 14.7 Å². The smallest absolute Gasteiger partial charge is 0.352 e. The Balaban J connectivity index is 1.98. The number of β-lactam (4-membered cyclic amide) rings is 1. The van der Waals surface area contributed by atoms with Crippen molar-refractivity contribution in [2.24, 2.45) is 12.8 Å². The van der Waals surface area contributed by atoms with Gasteiger partial charge in [0.05, 0.1) is 6.54 Å². The van der Waals surface area contributed by atoms with Crippen LogP contribution in [0.1, 0.15) is 0 Å². The Kier molecular flexibility index (Phi) is 3.34. The third-order valence-corrected chi connectivity index (χ3v) is 5.25. The first-order valence-corrected chi connectivity index (χ1v) is 7.50. The molecule has 3 rings (SSSR count). The first kappa shape index (κ1) is 14.2. The maximum absolute atomic E-state index is 11.8. The molecular weight excluding hydrogens is 316 g/mol. The number of carboxylic acid groups (broad SMARTS) is 1. The predicted molar refractivity (Wildman–Crippen MR) is 75.6 cm³/mol. The van der Waals surface area contributed by atoms with Gasteiger partial charge in [0.1, 0.15) is 17.1 Å². The number of nitrogens with zero attached hydrogens (tertiary/aromatic N) is 5. The number of carbonyl (C=O) groups excluding carboxylic acids is 1. The Morgan fingerprint density at radius 1 is 1.57 bits per heavy atom. The summed E-state index contributed by atoms with van der Waals surface area (Å²) in [5, 5.41) is 16.7. The van der Waals surface area contributed by atoms with E-state index in [1.54, 1.807) is 7.05 Å². The number of aromatic nitrogens is 4. The number of carboxylic acids is 1. The van der Waals surface area contributed by atoms with E-state index >= 15 is 0 Å². The first-order chi connectivity index (χ1) is 9.91. The quantitative estimate of drug-likeness (QED) is 0.531. The van der Waals surface area contributed by atoms with Gasteiger partial charge in [-0.1, -0.05) is 0 Å². The van der Waals surface area contributed by atoms with Crippen LogP contribution in [-0.2, 0) is 23.2 Å². The molecule has 0 spiro atoms. The second-order valence-corrected chi connectivity index (χ2v) is 6.21. The van der Waals surface area contributed by atoms with E-state index in [0.29, 0.717) is 16.1 Å². The SMILES string of the molecule is Cn1nnn(CC2=C(C(=O)O)N3C(=O)[C@@H](N)[C@H]3SC2)c1=S. The van der Waals surface area contributed by atoms with Crippen LogP contribution >= 0.6 is 24.0 Å². The first-order valence-electron chi connectivity index (χ1n) is 6.04. The average molecular weight is 328 g/mol. The average Bonchev–Trinajstić information content (AvgIpc) is 2.77. The summed E-state index contributed by atoms with van der Waals surface area (Å²) in [6, 6.07) is -0.635. The van der Waals surface area contributed by atoms with Gasteiger partial charge in [-0.15, -0.1) is 11.8 Å². The summed E-state index contributed by atoms with van der Waals surface area (Å²) in [5.74, 6) is -1.06.